The Hall–Kier alpha value is -1.12. The van der Waals surface area contributed by atoms with E-state index in [1.165, 1.54) is 38.5 Å². The fourth-order valence-electron chi connectivity index (χ4n) is 3.09. The number of ketones is 1. The van der Waals surface area contributed by atoms with E-state index in [4.69, 9.17) is 0 Å². The molecule has 0 atom stereocenters. The summed E-state index contributed by atoms with van der Waals surface area (Å²) in [7, 11) is 0. The molecule has 0 amide bonds. The van der Waals surface area contributed by atoms with Crippen LogP contribution in [0.3, 0.4) is 0 Å². The van der Waals surface area contributed by atoms with Crippen LogP contribution in [0.2, 0.25) is 0 Å². The van der Waals surface area contributed by atoms with Crippen molar-refractivity contribution in [2.45, 2.75) is 71.3 Å². The molecule has 0 spiro atoms. The van der Waals surface area contributed by atoms with Crippen molar-refractivity contribution in [2.24, 2.45) is 5.92 Å². The maximum atomic E-state index is 12.2. The van der Waals surface area contributed by atoms with Crippen LogP contribution in [0.25, 0.3) is 0 Å². The van der Waals surface area contributed by atoms with E-state index in [1.807, 2.05) is 12.4 Å². The number of hydrogen-bond donors (Lipinski definition) is 0. The summed E-state index contributed by atoms with van der Waals surface area (Å²) in [6, 6.07) is 0. The van der Waals surface area contributed by atoms with Gasteiger partial charge in [-0.25, -0.2) is 4.98 Å². The third-order valence-corrected chi connectivity index (χ3v) is 4.11. The molecule has 1 aromatic rings. The first kappa shape index (κ1) is 14.3. The molecule has 19 heavy (non-hydrogen) atoms. The van der Waals surface area contributed by atoms with Crippen LogP contribution in [0.5, 0.6) is 0 Å². The number of aromatic nitrogens is 2. The highest BCUT2D eigenvalue weighted by Crippen LogP contribution is 2.25. The van der Waals surface area contributed by atoms with Gasteiger partial charge in [-0.1, -0.05) is 45.4 Å². The van der Waals surface area contributed by atoms with Crippen LogP contribution in [-0.2, 0) is 17.8 Å². The summed E-state index contributed by atoms with van der Waals surface area (Å²) >= 11 is 0. The summed E-state index contributed by atoms with van der Waals surface area (Å²) in [6.07, 6.45) is 14.0. The summed E-state index contributed by atoms with van der Waals surface area (Å²) in [5, 5.41) is 0. The van der Waals surface area contributed by atoms with Gasteiger partial charge in [0.2, 0.25) is 0 Å². The van der Waals surface area contributed by atoms with Gasteiger partial charge in [0, 0.05) is 25.4 Å². The van der Waals surface area contributed by atoms with Gasteiger partial charge in [0.05, 0.1) is 6.42 Å². The van der Waals surface area contributed by atoms with Crippen molar-refractivity contribution < 1.29 is 4.79 Å². The van der Waals surface area contributed by atoms with E-state index in [2.05, 4.69) is 16.5 Å². The minimum atomic E-state index is 0.371. The van der Waals surface area contributed by atoms with Gasteiger partial charge in [-0.15, -0.1) is 0 Å². The van der Waals surface area contributed by atoms with Crippen molar-refractivity contribution >= 4 is 5.78 Å². The van der Waals surface area contributed by atoms with Gasteiger partial charge in [-0.05, 0) is 12.3 Å². The Labute approximate surface area is 116 Å². The molecule has 0 N–H and O–H groups in total. The van der Waals surface area contributed by atoms with E-state index in [1.54, 1.807) is 0 Å². The molecule has 2 rings (SSSR count). The van der Waals surface area contributed by atoms with E-state index < -0.39 is 0 Å². The quantitative estimate of drug-likeness (QED) is 0.731. The predicted molar refractivity (Wildman–Crippen MR) is 77.0 cm³/mol. The smallest absolute Gasteiger partial charge is 0.140 e. The lowest BCUT2D eigenvalue weighted by atomic mass is 9.93. The molecule has 0 bridgehead atoms. The van der Waals surface area contributed by atoms with Crippen molar-refractivity contribution in [1.82, 2.24) is 9.55 Å². The second-order valence-electron chi connectivity index (χ2n) is 5.81. The first-order valence-corrected chi connectivity index (χ1v) is 7.81. The fraction of sp³-hybridized carbons (Fsp3) is 0.750. The van der Waals surface area contributed by atoms with Gasteiger partial charge >= 0.3 is 0 Å². The lowest BCUT2D eigenvalue weighted by molar-refractivity contribution is -0.119. The van der Waals surface area contributed by atoms with Crippen LogP contribution in [0.1, 0.15) is 64.1 Å². The van der Waals surface area contributed by atoms with E-state index in [-0.39, 0.29) is 0 Å². The Morgan fingerprint density at radius 3 is 2.74 bits per heavy atom. The second kappa shape index (κ2) is 7.46. The molecule has 0 aromatic carbocycles. The van der Waals surface area contributed by atoms with E-state index in [0.717, 1.165) is 25.2 Å². The summed E-state index contributed by atoms with van der Waals surface area (Å²) in [5.74, 6) is 1.94. The number of carbonyl (C=O) groups excluding carboxylic acids is 1. The molecule has 1 heterocycles. The summed E-state index contributed by atoms with van der Waals surface area (Å²) in [6.45, 7) is 3.11. The molecule has 1 fully saturated rings. The van der Waals surface area contributed by atoms with Crippen molar-refractivity contribution in [1.29, 1.82) is 0 Å². The standard InChI is InChI=1S/C16H26N2O/c1-2-10-18-11-9-17-16(18)13-15(19)12-14-7-5-3-4-6-8-14/h9,11,14H,2-8,10,12-13H2,1H3. The molecule has 0 aliphatic heterocycles. The fourth-order valence-corrected chi connectivity index (χ4v) is 3.09. The Kier molecular flexibility index (Phi) is 5.62. The third kappa shape index (κ3) is 4.48. The van der Waals surface area contributed by atoms with Crippen molar-refractivity contribution in [3.05, 3.63) is 18.2 Å². The molecular formula is C16H26N2O. The summed E-state index contributed by atoms with van der Waals surface area (Å²) in [4.78, 5) is 16.5. The van der Waals surface area contributed by atoms with Gasteiger partial charge in [0.15, 0.2) is 0 Å². The maximum Gasteiger partial charge on any atom is 0.140 e. The van der Waals surface area contributed by atoms with Crippen LogP contribution in [0.15, 0.2) is 12.4 Å². The number of rotatable bonds is 6. The maximum absolute atomic E-state index is 12.2. The molecule has 3 nitrogen and oxygen atoms in total. The molecule has 0 unspecified atom stereocenters. The largest absolute Gasteiger partial charge is 0.335 e. The lowest BCUT2D eigenvalue weighted by Crippen LogP contribution is -2.14. The molecule has 1 saturated carbocycles. The third-order valence-electron chi connectivity index (χ3n) is 4.11. The minimum absolute atomic E-state index is 0.371. The number of aryl methyl sites for hydroxylation is 1. The first-order valence-electron chi connectivity index (χ1n) is 7.81. The molecular weight excluding hydrogens is 236 g/mol. The topological polar surface area (TPSA) is 34.9 Å². The zero-order valence-corrected chi connectivity index (χ0v) is 12.1. The highest BCUT2D eigenvalue weighted by atomic mass is 16.1. The van der Waals surface area contributed by atoms with Crippen LogP contribution in [0.4, 0.5) is 0 Å². The first-order chi connectivity index (χ1) is 9.29. The zero-order chi connectivity index (χ0) is 13.5. The van der Waals surface area contributed by atoms with Crippen molar-refractivity contribution in [2.75, 3.05) is 0 Å². The van der Waals surface area contributed by atoms with Crippen LogP contribution >= 0.6 is 0 Å². The summed E-state index contributed by atoms with van der Waals surface area (Å²) in [5.41, 5.74) is 0. The number of carbonyl (C=O) groups is 1. The molecule has 0 saturated heterocycles. The van der Waals surface area contributed by atoms with Crippen LogP contribution in [0, 0.1) is 5.92 Å². The van der Waals surface area contributed by atoms with Crippen LogP contribution < -0.4 is 0 Å². The lowest BCUT2D eigenvalue weighted by Gasteiger charge is -2.13. The van der Waals surface area contributed by atoms with E-state index >= 15 is 0 Å². The minimum Gasteiger partial charge on any atom is -0.335 e. The molecule has 1 aliphatic rings. The average Bonchev–Trinajstić information content (AvgIpc) is 2.65. The Bertz CT molecular complexity index is 389. The van der Waals surface area contributed by atoms with E-state index in [9.17, 15) is 4.79 Å². The zero-order valence-electron chi connectivity index (χ0n) is 12.1. The normalized spacial score (nSPS) is 17.3. The molecule has 3 heteroatoms. The van der Waals surface area contributed by atoms with Crippen molar-refractivity contribution in [3.8, 4) is 0 Å². The highest BCUT2D eigenvalue weighted by molar-refractivity contribution is 5.80. The van der Waals surface area contributed by atoms with Gasteiger partial charge in [-0.2, -0.15) is 0 Å². The molecule has 0 radical (unpaired) electrons. The Morgan fingerprint density at radius 2 is 2.05 bits per heavy atom. The number of imidazole rings is 1. The highest BCUT2D eigenvalue weighted by Gasteiger charge is 2.17. The predicted octanol–water partition coefficient (Wildman–Crippen LogP) is 3.77. The van der Waals surface area contributed by atoms with Gasteiger partial charge in [-0.3, -0.25) is 4.79 Å². The molecule has 1 aliphatic carbocycles. The Morgan fingerprint density at radius 1 is 1.32 bits per heavy atom. The number of nitrogens with zero attached hydrogens (tertiary/aromatic N) is 2. The number of hydrogen-bond acceptors (Lipinski definition) is 2. The van der Waals surface area contributed by atoms with Crippen molar-refractivity contribution in [3.63, 3.8) is 0 Å². The average molecular weight is 262 g/mol. The number of Topliss-reactive ketones (excluding diaryl/α,β-unsaturated/α-hetero) is 1. The molecule has 1 aromatic heterocycles. The summed E-state index contributed by atoms with van der Waals surface area (Å²) < 4.78 is 2.12. The molecule has 106 valence electrons. The SMILES string of the molecule is CCCn1ccnc1CC(=O)CC1CCCCCC1. The van der Waals surface area contributed by atoms with Crippen LogP contribution in [-0.4, -0.2) is 15.3 Å². The Balaban J connectivity index is 1.84. The van der Waals surface area contributed by atoms with Gasteiger partial charge in [0.1, 0.15) is 11.6 Å². The second-order valence-corrected chi connectivity index (χ2v) is 5.81. The van der Waals surface area contributed by atoms with E-state index in [0.29, 0.717) is 18.1 Å². The van der Waals surface area contributed by atoms with Gasteiger partial charge in [0.25, 0.3) is 0 Å². The monoisotopic (exact) mass is 262 g/mol. The van der Waals surface area contributed by atoms with Gasteiger partial charge < -0.3 is 4.57 Å².